The normalized spacial score (nSPS) is 39.0. The number of carbonyl (C=O) groups is 2. The number of carboxylic acids is 1. The second kappa shape index (κ2) is 9.63. The molecule has 190 valence electrons. The van der Waals surface area contributed by atoms with Gasteiger partial charge in [-0.1, -0.05) is 38.4 Å². The predicted molar refractivity (Wildman–Crippen MR) is 130 cm³/mol. The lowest BCUT2D eigenvalue weighted by atomic mass is 9.47. The van der Waals surface area contributed by atoms with Gasteiger partial charge in [0.05, 0.1) is 11.8 Å². The van der Waals surface area contributed by atoms with Gasteiger partial charge in [-0.15, -0.1) is 0 Å². The fourth-order valence-corrected chi connectivity index (χ4v) is 7.72. The third-order valence-corrected chi connectivity index (χ3v) is 9.65. The summed E-state index contributed by atoms with van der Waals surface area (Å²) in [4.78, 5) is 28.8. The van der Waals surface area contributed by atoms with Crippen LogP contribution < -0.4 is 5.32 Å². The zero-order chi connectivity index (χ0) is 24.7. The molecule has 0 unspecified atom stereocenters. The van der Waals surface area contributed by atoms with Crippen molar-refractivity contribution in [1.82, 2.24) is 5.32 Å². The highest BCUT2D eigenvalue weighted by Gasteiger charge is 2.58. The van der Waals surface area contributed by atoms with Crippen LogP contribution in [0.15, 0.2) is 16.8 Å². The fraction of sp³-hybridized carbons (Fsp3) is 0.815. The van der Waals surface area contributed by atoms with E-state index < -0.39 is 17.9 Å². The number of aliphatic hydroxyl groups is 1. The number of allylic oxidation sites excluding steroid dienone is 2. The monoisotopic (exact) mass is 474 g/mol. The van der Waals surface area contributed by atoms with Crippen LogP contribution in [0.3, 0.4) is 0 Å². The van der Waals surface area contributed by atoms with Crippen molar-refractivity contribution >= 4 is 17.6 Å². The van der Waals surface area contributed by atoms with Crippen LogP contribution in [-0.4, -0.2) is 46.6 Å². The van der Waals surface area contributed by atoms with E-state index in [0.717, 1.165) is 44.2 Å². The molecule has 1 amide bonds. The second-order valence-electron chi connectivity index (χ2n) is 12.1. The molecule has 7 nitrogen and oxygen atoms in total. The Morgan fingerprint density at radius 1 is 1.15 bits per heavy atom. The number of oxime groups is 1. The summed E-state index contributed by atoms with van der Waals surface area (Å²) in [5, 5.41) is 26.7. The van der Waals surface area contributed by atoms with Crippen LogP contribution in [0.4, 0.5) is 0 Å². The topological polar surface area (TPSA) is 108 Å². The van der Waals surface area contributed by atoms with Gasteiger partial charge < -0.3 is 20.4 Å². The maximum absolute atomic E-state index is 12.2. The summed E-state index contributed by atoms with van der Waals surface area (Å²) < 4.78 is 0. The molecule has 0 aromatic carbocycles. The molecule has 4 aliphatic rings. The molecule has 3 saturated carbocycles. The summed E-state index contributed by atoms with van der Waals surface area (Å²) in [6.45, 7) is 8.31. The summed E-state index contributed by atoms with van der Waals surface area (Å²) in [6.07, 6.45) is 11.0. The number of hydrogen-bond acceptors (Lipinski definition) is 5. The van der Waals surface area contributed by atoms with E-state index in [1.165, 1.54) is 18.4 Å². The standard InChI is InChI=1S/C27H42N2O5/c1-16(2)13-22(25(32)33)28-24(31)15-34-29-18-9-11-26(3)17(14-18)5-6-19-20-7-8-23(30)27(20,4)12-10-21(19)26/h14,16,19-23,30H,5-13,15H2,1-4H3,(H,28,31)(H,32,33)/t19-,20+,21+,22+,23+,26+,27+/m1/s1. The Hall–Kier alpha value is -1.89. The highest BCUT2D eigenvalue weighted by Crippen LogP contribution is 2.65. The fourth-order valence-electron chi connectivity index (χ4n) is 7.72. The van der Waals surface area contributed by atoms with Gasteiger partial charge in [-0.25, -0.2) is 4.79 Å². The lowest BCUT2D eigenvalue weighted by Gasteiger charge is -2.57. The van der Waals surface area contributed by atoms with Crippen molar-refractivity contribution in [2.45, 2.75) is 97.6 Å². The van der Waals surface area contributed by atoms with E-state index in [9.17, 15) is 19.8 Å². The molecule has 0 aromatic heterocycles. The van der Waals surface area contributed by atoms with Gasteiger partial charge in [0.15, 0.2) is 6.61 Å². The van der Waals surface area contributed by atoms with Crippen LogP contribution in [0.5, 0.6) is 0 Å². The molecular weight excluding hydrogens is 432 g/mol. The molecule has 0 bridgehead atoms. The number of carbonyl (C=O) groups excluding carboxylic acids is 1. The van der Waals surface area contributed by atoms with Crippen molar-refractivity contribution in [3.8, 4) is 0 Å². The molecule has 0 aliphatic heterocycles. The minimum atomic E-state index is -1.03. The van der Waals surface area contributed by atoms with Crippen molar-refractivity contribution < 1.29 is 24.6 Å². The number of rotatable bonds is 7. The summed E-state index contributed by atoms with van der Waals surface area (Å²) in [5.74, 6) is 0.674. The lowest BCUT2D eigenvalue weighted by Crippen LogP contribution is -2.51. The number of aliphatic hydroxyl groups excluding tert-OH is 1. The number of nitrogens with one attached hydrogen (secondary N) is 1. The molecule has 7 heteroatoms. The zero-order valence-electron chi connectivity index (χ0n) is 21.2. The molecule has 0 saturated heterocycles. The van der Waals surface area contributed by atoms with Gasteiger partial charge in [0, 0.05) is 0 Å². The number of fused-ring (bicyclic) bond motifs is 5. The highest BCUT2D eigenvalue weighted by atomic mass is 16.6. The Kier molecular flexibility index (Phi) is 7.14. The van der Waals surface area contributed by atoms with E-state index in [1.54, 1.807) is 0 Å². The van der Waals surface area contributed by atoms with Gasteiger partial charge in [0.25, 0.3) is 5.91 Å². The average Bonchev–Trinajstić information content (AvgIpc) is 3.07. The Morgan fingerprint density at radius 2 is 1.91 bits per heavy atom. The van der Waals surface area contributed by atoms with E-state index >= 15 is 0 Å². The first-order valence-electron chi connectivity index (χ1n) is 13.1. The minimum Gasteiger partial charge on any atom is -0.480 e. The maximum atomic E-state index is 12.2. The Morgan fingerprint density at radius 3 is 2.62 bits per heavy atom. The first-order chi connectivity index (χ1) is 16.0. The van der Waals surface area contributed by atoms with Gasteiger partial charge in [-0.05, 0) is 98.4 Å². The third kappa shape index (κ3) is 4.65. The first-order valence-corrected chi connectivity index (χ1v) is 13.1. The number of carboxylic acid groups (broad SMARTS) is 1. The number of aliphatic carboxylic acids is 1. The summed E-state index contributed by atoms with van der Waals surface area (Å²) >= 11 is 0. The Balaban J connectivity index is 1.37. The molecule has 34 heavy (non-hydrogen) atoms. The van der Waals surface area contributed by atoms with Crippen LogP contribution in [0, 0.1) is 34.5 Å². The Bertz CT molecular complexity index is 867. The largest absolute Gasteiger partial charge is 0.480 e. The minimum absolute atomic E-state index is 0.100. The summed E-state index contributed by atoms with van der Waals surface area (Å²) in [7, 11) is 0. The van der Waals surface area contributed by atoms with Crippen molar-refractivity contribution in [2.24, 2.45) is 39.7 Å². The van der Waals surface area contributed by atoms with Crippen LogP contribution in [0.2, 0.25) is 0 Å². The van der Waals surface area contributed by atoms with Gasteiger partial charge in [0.1, 0.15) is 6.04 Å². The molecule has 3 N–H and O–H groups in total. The van der Waals surface area contributed by atoms with Crippen molar-refractivity contribution in [2.75, 3.05) is 6.61 Å². The Labute approximate surface area is 203 Å². The first kappa shape index (κ1) is 25.2. The van der Waals surface area contributed by atoms with E-state index in [1.807, 2.05) is 13.8 Å². The quantitative estimate of drug-likeness (QED) is 0.477. The molecule has 4 aliphatic carbocycles. The number of hydrogen-bond donors (Lipinski definition) is 3. The number of nitrogens with zero attached hydrogens (tertiary/aromatic N) is 1. The van der Waals surface area contributed by atoms with Crippen LogP contribution in [0.1, 0.15) is 85.5 Å². The number of amides is 1. The highest BCUT2D eigenvalue weighted by molar-refractivity contribution is 5.96. The van der Waals surface area contributed by atoms with Crippen molar-refractivity contribution in [3.05, 3.63) is 11.6 Å². The SMILES string of the molecule is CC(C)C[C@H](NC(=O)CON=C1C=C2CC[C@@H]3[C@@H]4CC[C@H](O)[C@@]4(C)CC[C@@H]3[C@@]2(C)CC1)C(=O)O. The average molecular weight is 475 g/mol. The van der Waals surface area contributed by atoms with E-state index in [2.05, 4.69) is 30.4 Å². The molecule has 0 radical (unpaired) electrons. The van der Waals surface area contributed by atoms with Gasteiger partial charge in [-0.3, -0.25) is 4.79 Å². The third-order valence-electron chi connectivity index (χ3n) is 9.65. The van der Waals surface area contributed by atoms with Crippen LogP contribution >= 0.6 is 0 Å². The molecule has 0 aromatic rings. The van der Waals surface area contributed by atoms with E-state index in [-0.39, 0.29) is 29.5 Å². The molecule has 0 spiro atoms. The predicted octanol–water partition coefficient (Wildman–Crippen LogP) is 4.30. The van der Waals surface area contributed by atoms with Crippen molar-refractivity contribution in [1.29, 1.82) is 0 Å². The van der Waals surface area contributed by atoms with Crippen LogP contribution in [0.25, 0.3) is 0 Å². The lowest BCUT2D eigenvalue weighted by molar-refractivity contribution is -0.143. The van der Waals surface area contributed by atoms with E-state index in [0.29, 0.717) is 24.2 Å². The van der Waals surface area contributed by atoms with Gasteiger partial charge in [-0.2, -0.15) is 0 Å². The summed E-state index contributed by atoms with van der Waals surface area (Å²) in [6, 6.07) is -0.908. The second-order valence-corrected chi connectivity index (χ2v) is 12.1. The molecular formula is C27H42N2O5. The maximum Gasteiger partial charge on any atom is 0.326 e. The molecule has 3 fully saturated rings. The van der Waals surface area contributed by atoms with Crippen LogP contribution in [-0.2, 0) is 14.4 Å². The smallest absolute Gasteiger partial charge is 0.326 e. The molecule has 7 atom stereocenters. The van der Waals surface area contributed by atoms with Gasteiger partial charge >= 0.3 is 5.97 Å². The zero-order valence-corrected chi connectivity index (χ0v) is 21.2. The van der Waals surface area contributed by atoms with Gasteiger partial charge in [0.2, 0.25) is 0 Å². The van der Waals surface area contributed by atoms with Crippen molar-refractivity contribution in [3.63, 3.8) is 0 Å². The van der Waals surface area contributed by atoms with E-state index in [4.69, 9.17) is 4.84 Å². The molecule has 4 rings (SSSR count). The molecule has 0 heterocycles. The summed E-state index contributed by atoms with van der Waals surface area (Å²) in [5.41, 5.74) is 2.60.